The van der Waals surface area contributed by atoms with Gasteiger partial charge in [-0.1, -0.05) is 20.4 Å². The lowest BCUT2D eigenvalue weighted by Gasteiger charge is -2.25. The number of carbonyl (C=O) groups is 1. The average Bonchev–Trinajstić information content (AvgIpc) is 1.85. The zero-order valence-electron chi connectivity index (χ0n) is 7.18. The summed E-state index contributed by atoms with van der Waals surface area (Å²) in [4.78, 5) is 11.3. The summed E-state index contributed by atoms with van der Waals surface area (Å²) in [6.07, 6.45) is 1.90. The summed E-state index contributed by atoms with van der Waals surface area (Å²) < 4.78 is 0. The number of carbonyl (C=O) groups excluding carboxylic acids is 1. The maximum absolute atomic E-state index is 11.3. The van der Waals surface area contributed by atoms with Gasteiger partial charge in [-0.05, 0) is 18.8 Å². The Labute approximate surface area is 67.7 Å². The molecule has 1 aliphatic heterocycles. The van der Waals surface area contributed by atoms with Crippen LogP contribution in [0.5, 0.6) is 0 Å². The lowest BCUT2D eigenvalue weighted by atomic mass is 9.87. The van der Waals surface area contributed by atoms with E-state index in [4.69, 9.17) is 0 Å². The predicted molar refractivity (Wildman–Crippen MR) is 44.8 cm³/mol. The molecule has 0 aromatic carbocycles. The van der Waals surface area contributed by atoms with Crippen molar-refractivity contribution in [3.8, 4) is 0 Å². The average molecular weight is 153 g/mol. The summed E-state index contributed by atoms with van der Waals surface area (Å²) in [6.45, 7) is 7.89. The maximum atomic E-state index is 11.3. The fourth-order valence-corrected chi connectivity index (χ4v) is 1.43. The van der Waals surface area contributed by atoms with Gasteiger partial charge in [0.2, 0.25) is 5.91 Å². The van der Waals surface area contributed by atoms with Crippen molar-refractivity contribution >= 4 is 5.91 Å². The first-order valence-corrected chi connectivity index (χ1v) is 4.10. The first-order chi connectivity index (χ1) is 5.11. The Bertz CT molecular complexity index is 184. The molecule has 0 bridgehead atoms. The van der Waals surface area contributed by atoms with Crippen LogP contribution in [0.15, 0.2) is 12.3 Å². The molecule has 11 heavy (non-hydrogen) atoms. The normalized spacial score (nSPS) is 25.5. The van der Waals surface area contributed by atoms with Gasteiger partial charge >= 0.3 is 0 Å². The molecule has 1 fully saturated rings. The van der Waals surface area contributed by atoms with Crippen molar-refractivity contribution in [1.29, 1.82) is 0 Å². The highest BCUT2D eigenvalue weighted by atomic mass is 16.2. The third-order valence-electron chi connectivity index (χ3n) is 2.20. The van der Waals surface area contributed by atoms with E-state index in [2.05, 4.69) is 25.7 Å². The van der Waals surface area contributed by atoms with E-state index in [1.807, 2.05) is 0 Å². The largest absolute Gasteiger partial charge is 0.330 e. The number of hydrogen-bond donors (Lipinski definition) is 1. The first kappa shape index (κ1) is 8.31. The molecule has 0 aromatic heterocycles. The molecular weight excluding hydrogens is 138 g/mol. The molecule has 0 aromatic rings. The molecule has 1 N–H and O–H groups in total. The van der Waals surface area contributed by atoms with Gasteiger partial charge in [0, 0.05) is 11.6 Å². The van der Waals surface area contributed by atoms with E-state index in [1.165, 1.54) is 0 Å². The van der Waals surface area contributed by atoms with Crippen LogP contribution in [-0.4, -0.2) is 5.91 Å². The number of allylic oxidation sites excluding steroid dienone is 1. The van der Waals surface area contributed by atoms with Gasteiger partial charge in [0.1, 0.15) is 0 Å². The van der Waals surface area contributed by atoms with Gasteiger partial charge in [-0.2, -0.15) is 0 Å². The third-order valence-corrected chi connectivity index (χ3v) is 2.20. The van der Waals surface area contributed by atoms with Gasteiger partial charge in [-0.15, -0.1) is 0 Å². The summed E-state index contributed by atoms with van der Waals surface area (Å²) in [6, 6.07) is 0. The molecule has 0 spiro atoms. The van der Waals surface area contributed by atoms with E-state index >= 15 is 0 Å². The predicted octanol–water partition coefficient (Wildman–Crippen LogP) is 1.68. The molecule has 1 rings (SSSR count). The number of nitrogens with one attached hydrogen (secondary N) is 1. The van der Waals surface area contributed by atoms with Crippen LogP contribution in [0, 0.1) is 11.8 Å². The summed E-state index contributed by atoms with van der Waals surface area (Å²) in [5.41, 5.74) is 0.868. The second-order valence-electron chi connectivity index (χ2n) is 3.48. The lowest BCUT2D eigenvalue weighted by molar-refractivity contribution is -0.126. The van der Waals surface area contributed by atoms with Gasteiger partial charge in [-0.3, -0.25) is 4.79 Å². The van der Waals surface area contributed by atoms with Crippen LogP contribution in [0.3, 0.4) is 0 Å². The Hall–Kier alpha value is -0.790. The lowest BCUT2D eigenvalue weighted by Crippen LogP contribution is -2.37. The zero-order valence-corrected chi connectivity index (χ0v) is 7.18. The highest BCUT2D eigenvalue weighted by molar-refractivity contribution is 5.81. The summed E-state index contributed by atoms with van der Waals surface area (Å²) >= 11 is 0. The molecular formula is C9H15NO. The van der Waals surface area contributed by atoms with Gasteiger partial charge in [0.15, 0.2) is 0 Å². The molecule has 1 atom stereocenters. The van der Waals surface area contributed by atoms with Crippen LogP contribution in [0.1, 0.15) is 26.7 Å². The topological polar surface area (TPSA) is 29.1 Å². The molecule has 1 aliphatic rings. The Kier molecular flexibility index (Phi) is 2.32. The van der Waals surface area contributed by atoms with Crippen LogP contribution < -0.4 is 5.32 Å². The van der Waals surface area contributed by atoms with E-state index in [-0.39, 0.29) is 11.8 Å². The van der Waals surface area contributed by atoms with Crippen molar-refractivity contribution in [2.75, 3.05) is 0 Å². The fraction of sp³-hybridized carbons (Fsp3) is 0.667. The minimum absolute atomic E-state index is 0.149. The SMILES string of the molecule is C=C1CC[C@@H](C(C)C)C(=O)N1. The first-order valence-electron chi connectivity index (χ1n) is 4.10. The zero-order chi connectivity index (χ0) is 8.43. The highest BCUT2D eigenvalue weighted by Gasteiger charge is 2.25. The van der Waals surface area contributed by atoms with Gasteiger partial charge in [0.05, 0.1) is 0 Å². The van der Waals surface area contributed by atoms with Crippen molar-refractivity contribution in [2.45, 2.75) is 26.7 Å². The van der Waals surface area contributed by atoms with Crippen LogP contribution in [0.4, 0.5) is 0 Å². The van der Waals surface area contributed by atoms with Crippen LogP contribution in [-0.2, 0) is 4.79 Å². The van der Waals surface area contributed by atoms with E-state index in [9.17, 15) is 4.79 Å². The van der Waals surface area contributed by atoms with Gasteiger partial charge in [-0.25, -0.2) is 0 Å². The summed E-state index contributed by atoms with van der Waals surface area (Å²) in [5.74, 6) is 0.792. The molecule has 1 amide bonds. The maximum Gasteiger partial charge on any atom is 0.227 e. The van der Waals surface area contributed by atoms with E-state index in [0.717, 1.165) is 18.5 Å². The molecule has 1 saturated heterocycles. The molecule has 2 heteroatoms. The minimum Gasteiger partial charge on any atom is -0.330 e. The molecule has 1 heterocycles. The fourth-order valence-electron chi connectivity index (χ4n) is 1.43. The summed E-state index contributed by atoms with van der Waals surface area (Å²) in [7, 11) is 0. The quantitative estimate of drug-likeness (QED) is 0.610. The van der Waals surface area contributed by atoms with Crippen molar-refractivity contribution < 1.29 is 4.79 Å². The van der Waals surface area contributed by atoms with Crippen molar-refractivity contribution in [1.82, 2.24) is 5.32 Å². The van der Waals surface area contributed by atoms with Gasteiger partial charge in [0.25, 0.3) is 0 Å². The van der Waals surface area contributed by atoms with Crippen LogP contribution in [0.25, 0.3) is 0 Å². The minimum atomic E-state index is 0.149. The van der Waals surface area contributed by atoms with Gasteiger partial charge < -0.3 is 5.32 Å². The Morgan fingerprint density at radius 2 is 2.27 bits per heavy atom. The van der Waals surface area contributed by atoms with Crippen molar-refractivity contribution in [3.63, 3.8) is 0 Å². The Morgan fingerprint density at radius 3 is 2.73 bits per heavy atom. The number of rotatable bonds is 1. The number of amides is 1. The second kappa shape index (κ2) is 3.07. The van der Waals surface area contributed by atoms with Crippen molar-refractivity contribution in [2.24, 2.45) is 11.8 Å². The molecule has 62 valence electrons. The monoisotopic (exact) mass is 153 g/mol. The van der Waals surface area contributed by atoms with E-state index in [0.29, 0.717) is 5.92 Å². The third kappa shape index (κ3) is 1.82. The molecule has 2 nitrogen and oxygen atoms in total. The van der Waals surface area contributed by atoms with Crippen LogP contribution >= 0.6 is 0 Å². The number of piperidine rings is 1. The Morgan fingerprint density at radius 1 is 1.64 bits per heavy atom. The standard InChI is InChI=1S/C9H15NO/c1-6(2)8-5-4-7(3)10-9(8)11/h6,8H,3-5H2,1-2H3,(H,10,11)/t8-/m0/s1. The number of hydrogen-bond acceptors (Lipinski definition) is 1. The molecule has 0 aliphatic carbocycles. The smallest absolute Gasteiger partial charge is 0.227 e. The second-order valence-corrected chi connectivity index (χ2v) is 3.48. The Balaban J connectivity index is 2.57. The van der Waals surface area contributed by atoms with Crippen molar-refractivity contribution in [3.05, 3.63) is 12.3 Å². The molecule has 0 saturated carbocycles. The molecule has 0 unspecified atom stereocenters. The summed E-state index contributed by atoms with van der Waals surface area (Å²) in [5, 5.41) is 2.78. The molecule has 0 radical (unpaired) electrons. The van der Waals surface area contributed by atoms with E-state index < -0.39 is 0 Å². The van der Waals surface area contributed by atoms with E-state index in [1.54, 1.807) is 0 Å². The highest BCUT2D eigenvalue weighted by Crippen LogP contribution is 2.23. The van der Waals surface area contributed by atoms with Crippen LogP contribution in [0.2, 0.25) is 0 Å².